The molecule has 2 aliphatic heterocycles. The van der Waals surface area contributed by atoms with Gasteiger partial charge in [-0.3, -0.25) is 0 Å². The van der Waals surface area contributed by atoms with Crippen LogP contribution in [0.15, 0.2) is 54.6 Å². The highest BCUT2D eigenvalue weighted by molar-refractivity contribution is 5.51. The number of nitriles is 2. The lowest BCUT2D eigenvalue weighted by molar-refractivity contribution is 0.103. The van der Waals surface area contributed by atoms with Gasteiger partial charge in [0, 0.05) is 31.2 Å². The first-order valence-electron chi connectivity index (χ1n) is 12.7. The van der Waals surface area contributed by atoms with Gasteiger partial charge in [-0.2, -0.15) is 10.5 Å². The lowest BCUT2D eigenvalue weighted by atomic mass is 9.60. The Kier molecular flexibility index (Phi) is 6.39. The monoisotopic (exact) mass is 438 g/mol. The zero-order valence-corrected chi connectivity index (χ0v) is 19.5. The number of benzene rings is 2. The lowest BCUT2D eigenvalue weighted by Crippen LogP contribution is -2.53. The summed E-state index contributed by atoms with van der Waals surface area (Å²) in [6.45, 7) is 5.58. The van der Waals surface area contributed by atoms with Gasteiger partial charge in [0.05, 0.1) is 23.1 Å². The summed E-state index contributed by atoms with van der Waals surface area (Å²) in [5.41, 5.74) is 2.89. The molecule has 1 saturated carbocycles. The second kappa shape index (κ2) is 9.58. The Morgan fingerprint density at radius 1 is 0.818 bits per heavy atom. The van der Waals surface area contributed by atoms with Crippen LogP contribution in [-0.4, -0.2) is 37.6 Å². The summed E-state index contributed by atoms with van der Waals surface area (Å²) < 4.78 is 0. The minimum Gasteiger partial charge on any atom is -0.371 e. The number of nitrogens with zero attached hydrogens (tertiary/aromatic N) is 4. The molecule has 0 amide bonds. The minimum atomic E-state index is -0.313. The topological polar surface area (TPSA) is 54.1 Å². The second-order valence-electron chi connectivity index (χ2n) is 10.3. The lowest BCUT2D eigenvalue weighted by Gasteiger charge is -2.47. The number of hydrogen-bond acceptors (Lipinski definition) is 4. The Labute approximate surface area is 198 Å². The summed E-state index contributed by atoms with van der Waals surface area (Å²) in [4.78, 5) is 5.05. The first-order valence-corrected chi connectivity index (χ1v) is 12.7. The van der Waals surface area contributed by atoms with E-state index in [-0.39, 0.29) is 5.41 Å². The molecule has 170 valence electrons. The van der Waals surface area contributed by atoms with Crippen LogP contribution in [0.2, 0.25) is 0 Å². The van der Waals surface area contributed by atoms with Crippen LogP contribution in [0, 0.1) is 40.4 Å². The third-order valence-corrected chi connectivity index (χ3v) is 8.50. The fraction of sp³-hybridized carbons (Fsp3) is 0.517. The van der Waals surface area contributed by atoms with Crippen molar-refractivity contribution in [1.82, 2.24) is 4.90 Å². The van der Waals surface area contributed by atoms with Gasteiger partial charge in [-0.1, -0.05) is 43.2 Å². The van der Waals surface area contributed by atoms with E-state index in [4.69, 9.17) is 5.26 Å². The van der Waals surface area contributed by atoms with Gasteiger partial charge in [0.15, 0.2) is 0 Å². The smallest absolute Gasteiger partial charge is 0.0991 e. The first-order chi connectivity index (χ1) is 16.2. The third kappa shape index (κ3) is 4.25. The van der Waals surface area contributed by atoms with Gasteiger partial charge in [-0.05, 0) is 80.4 Å². The van der Waals surface area contributed by atoms with E-state index in [2.05, 4.69) is 64.4 Å². The molecule has 3 fully saturated rings. The normalized spacial score (nSPS) is 22.3. The number of likely N-dealkylation sites (tertiary alicyclic amines) is 1. The molecule has 2 aromatic carbocycles. The van der Waals surface area contributed by atoms with E-state index < -0.39 is 0 Å². The van der Waals surface area contributed by atoms with Crippen molar-refractivity contribution in [3.8, 4) is 12.1 Å². The average Bonchev–Trinajstić information content (AvgIpc) is 3.39. The summed E-state index contributed by atoms with van der Waals surface area (Å²) in [6.07, 6.45) is 7.22. The summed E-state index contributed by atoms with van der Waals surface area (Å²) in [7, 11) is 0. The molecule has 5 rings (SSSR count). The largest absolute Gasteiger partial charge is 0.371 e. The van der Waals surface area contributed by atoms with Crippen molar-refractivity contribution in [2.24, 2.45) is 17.8 Å². The predicted molar refractivity (Wildman–Crippen MR) is 132 cm³/mol. The first kappa shape index (κ1) is 22.0. The molecule has 0 spiro atoms. The molecule has 2 heterocycles. The molecule has 0 radical (unpaired) electrons. The molecule has 1 aliphatic carbocycles. The summed E-state index contributed by atoms with van der Waals surface area (Å²) in [6, 6.07) is 23.8. The van der Waals surface area contributed by atoms with E-state index in [1.807, 2.05) is 12.1 Å². The van der Waals surface area contributed by atoms with E-state index in [1.165, 1.54) is 36.9 Å². The highest BCUT2D eigenvalue weighted by Gasteiger charge is 2.48. The van der Waals surface area contributed by atoms with Crippen molar-refractivity contribution in [1.29, 1.82) is 10.5 Å². The van der Waals surface area contributed by atoms with E-state index in [0.29, 0.717) is 17.8 Å². The van der Waals surface area contributed by atoms with Crippen LogP contribution < -0.4 is 4.90 Å². The fourth-order valence-corrected chi connectivity index (χ4v) is 6.73. The van der Waals surface area contributed by atoms with E-state index in [0.717, 1.165) is 51.1 Å². The molecule has 3 aliphatic rings. The standard InChI is InChI=1S/C29H34N4/c30-18-23-10-12-28(13-11-23)33-20-24(21-33)19-32-16-14-27(15-17-32)29(22-31,26-8-4-5-9-26)25-6-2-1-3-7-25/h1-3,6-7,10-13,24,26-27H,4-5,8-9,14-17,19-21H2. The molecule has 4 nitrogen and oxygen atoms in total. The fourth-order valence-electron chi connectivity index (χ4n) is 6.73. The van der Waals surface area contributed by atoms with E-state index >= 15 is 0 Å². The summed E-state index contributed by atoms with van der Waals surface area (Å²) >= 11 is 0. The van der Waals surface area contributed by atoms with E-state index in [9.17, 15) is 5.26 Å². The van der Waals surface area contributed by atoms with Crippen molar-refractivity contribution in [2.45, 2.75) is 43.9 Å². The van der Waals surface area contributed by atoms with Gasteiger partial charge >= 0.3 is 0 Å². The Balaban J connectivity index is 1.19. The number of hydrogen-bond donors (Lipinski definition) is 0. The van der Waals surface area contributed by atoms with Crippen molar-refractivity contribution in [3.63, 3.8) is 0 Å². The maximum absolute atomic E-state index is 10.6. The molecule has 0 aromatic heterocycles. The SMILES string of the molecule is N#Cc1ccc(N2CC(CN3CCC(C(C#N)(c4ccccc4)C4CCCC4)CC3)C2)cc1. The van der Waals surface area contributed by atoms with Crippen LogP contribution in [0.3, 0.4) is 0 Å². The molecule has 0 N–H and O–H groups in total. The van der Waals surface area contributed by atoms with Gasteiger partial charge in [0.2, 0.25) is 0 Å². The van der Waals surface area contributed by atoms with Crippen LogP contribution in [0.5, 0.6) is 0 Å². The molecule has 0 bridgehead atoms. The highest BCUT2D eigenvalue weighted by atomic mass is 15.2. The van der Waals surface area contributed by atoms with E-state index in [1.54, 1.807) is 0 Å². The maximum Gasteiger partial charge on any atom is 0.0991 e. The average molecular weight is 439 g/mol. The Morgan fingerprint density at radius 3 is 2.06 bits per heavy atom. The van der Waals surface area contributed by atoms with Crippen molar-refractivity contribution >= 4 is 5.69 Å². The second-order valence-corrected chi connectivity index (χ2v) is 10.3. The van der Waals surface area contributed by atoms with Crippen molar-refractivity contribution in [2.75, 3.05) is 37.6 Å². The zero-order chi connectivity index (χ0) is 22.7. The minimum absolute atomic E-state index is 0.313. The van der Waals surface area contributed by atoms with Crippen LogP contribution in [-0.2, 0) is 5.41 Å². The highest BCUT2D eigenvalue weighted by Crippen LogP contribution is 2.50. The van der Waals surface area contributed by atoms with Gasteiger partial charge in [-0.25, -0.2) is 0 Å². The molecule has 1 unspecified atom stereocenters. The van der Waals surface area contributed by atoms with Crippen LogP contribution in [0.4, 0.5) is 5.69 Å². The number of piperidine rings is 1. The Hall–Kier alpha value is -2.82. The summed E-state index contributed by atoms with van der Waals surface area (Å²) in [5, 5.41) is 19.6. The zero-order valence-electron chi connectivity index (χ0n) is 19.5. The molecular weight excluding hydrogens is 404 g/mol. The Morgan fingerprint density at radius 2 is 1.45 bits per heavy atom. The molecule has 1 atom stereocenters. The third-order valence-electron chi connectivity index (χ3n) is 8.50. The van der Waals surface area contributed by atoms with Crippen LogP contribution in [0.1, 0.15) is 49.7 Å². The molecule has 2 aromatic rings. The molecule has 33 heavy (non-hydrogen) atoms. The van der Waals surface area contributed by atoms with Gasteiger partial charge in [0.1, 0.15) is 0 Å². The van der Waals surface area contributed by atoms with Crippen molar-refractivity contribution in [3.05, 3.63) is 65.7 Å². The van der Waals surface area contributed by atoms with Gasteiger partial charge in [0.25, 0.3) is 0 Å². The number of anilines is 1. The van der Waals surface area contributed by atoms with Crippen LogP contribution >= 0.6 is 0 Å². The van der Waals surface area contributed by atoms with Gasteiger partial charge in [-0.15, -0.1) is 0 Å². The molecule has 2 saturated heterocycles. The van der Waals surface area contributed by atoms with Crippen molar-refractivity contribution < 1.29 is 0 Å². The maximum atomic E-state index is 10.6. The number of rotatable bonds is 6. The quantitative estimate of drug-likeness (QED) is 0.609. The summed E-state index contributed by atoms with van der Waals surface area (Å²) in [5.74, 6) is 1.68. The molecular formula is C29H34N4. The molecule has 4 heteroatoms. The van der Waals surface area contributed by atoms with Gasteiger partial charge < -0.3 is 9.80 Å². The predicted octanol–water partition coefficient (Wildman–Crippen LogP) is 5.36. The Bertz CT molecular complexity index is 998. The van der Waals surface area contributed by atoms with Crippen LogP contribution in [0.25, 0.3) is 0 Å².